The molecule has 7 nitrogen and oxygen atoms in total. The molecular weight excluding hydrogens is 362 g/mol. The first-order valence-corrected chi connectivity index (χ1v) is 9.66. The van der Waals surface area contributed by atoms with E-state index < -0.39 is 0 Å². The van der Waals surface area contributed by atoms with Gasteiger partial charge in [-0.3, -0.25) is 0 Å². The van der Waals surface area contributed by atoms with Crippen LogP contribution in [-0.2, 0) is 4.74 Å². The molecule has 3 rings (SSSR count). The van der Waals surface area contributed by atoms with Gasteiger partial charge in [-0.2, -0.15) is 0 Å². The van der Waals surface area contributed by atoms with Crippen molar-refractivity contribution in [2.24, 2.45) is 0 Å². The van der Waals surface area contributed by atoms with Crippen molar-refractivity contribution < 1.29 is 9.53 Å². The van der Waals surface area contributed by atoms with E-state index in [2.05, 4.69) is 20.2 Å². The molecule has 0 aromatic carbocycles. The summed E-state index contributed by atoms with van der Waals surface area (Å²) in [5.41, 5.74) is 0. The SMILES string of the molecule is CSc1nccc(N2CCC(N(C)C(=O)OC3CCNC3)CC2)n1.Cl. The second-order valence-corrected chi connectivity index (χ2v) is 7.00. The lowest BCUT2D eigenvalue weighted by molar-refractivity contribution is 0.0626. The van der Waals surface area contributed by atoms with Crippen LogP contribution in [0.25, 0.3) is 0 Å². The van der Waals surface area contributed by atoms with Crippen molar-refractivity contribution in [3.63, 3.8) is 0 Å². The number of hydrogen-bond acceptors (Lipinski definition) is 7. The van der Waals surface area contributed by atoms with E-state index in [0.29, 0.717) is 0 Å². The van der Waals surface area contributed by atoms with Crippen molar-refractivity contribution in [2.45, 2.75) is 36.6 Å². The first kappa shape index (κ1) is 20.1. The van der Waals surface area contributed by atoms with Gasteiger partial charge in [0.2, 0.25) is 0 Å². The Hall–Kier alpha value is -1.25. The number of nitrogens with zero attached hydrogens (tertiary/aromatic N) is 4. The summed E-state index contributed by atoms with van der Waals surface area (Å²) >= 11 is 1.55. The lowest BCUT2D eigenvalue weighted by atomic mass is 10.0. The van der Waals surface area contributed by atoms with Crippen LogP contribution in [0, 0.1) is 0 Å². The quantitative estimate of drug-likeness (QED) is 0.626. The van der Waals surface area contributed by atoms with E-state index >= 15 is 0 Å². The molecule has 2 aliphatic rings. The highest BCUT2D eigenvalue weighted by Gasteiger charge is 2.29. The maximum Gasteiger partial charge on any atom is 0.410 e. The van der Waals surface area contributed by atoms with Crippen molar-refractivity contribution >= 4 is 36.1 Å². The molecule has 25 heavy (non-hydrogen) atoms. The molecule has 1 atom stereocenters. The number of carbonyl (C=O) groups is 1. The molecule has 0 aliphatic carbocycles. The fraction of sp³-hybridized carbons (Fsp3) is 0.688. The molecule has 1 unspecified atom stereocenters. The molecule has 3 heterocycles. The smallest absolute Gasteiger partial charge is 0.410 e. The largest absolute Gasteiger partial charge is 0.445 e. The number of carbonyl (C=O) groups excluding carboxylic acids is 1. The predicted octanol–water partition coefficient (Wildman–Crippen LogP) is 2.02. The van der Waals surface area contributed by atoms with Gasteiger partial charge in [0, 0.05) is 38.9 Å². The standard InChI is InChI=1S/C16H25N5O2S.ClH/c1-20(16(22)23-13-3-7-17-11-13)12-5-9-21(10-6-12)14-4-8-18-15(19-14)24-2;/h4,8,12-13,17H,3,5-7,9-11H2,1-2H3;1H. The van der Waals surface area contributed by atoms with Crippen molar-refractivity contribution in [3.05, 3.63) is 12.3 Å². The molecule has 1 aromatic heterocycles. The average Bonchev–Trinajstić information content (AvgIpc) is 3.14. The Morgan fingerprint density at radius 3 is 2.80 bits per heavy atom. The van der Waals surface area contributed by atoms with Gasteiger partial charge in [-0.05, 0) is 38.1 Å². The molecule has 1 amide bonds. The van der Waals surface area contributed by atoms with Crippen LogP contribution < -0.4 is 10.2 Å². The number of piperidine rings is 1. The fourth-order valence-electron chi connectivity index (χ4n) is 3.19. The van der Waals surface area contributed by atoms with Gasteiger partial charge in [0.05, 0.1) is 0 Å². The molecule has 9 heteroatoms. The zero-order valence-corrected chi connectivity index (χ0v) is 16.3. The summed E-state index contributed by atoms with van der Waals surface area (Å²) in [4.78, 5) is 25.1. The summed E-state index contributed by atoms with van der Waals surface area (Å²) in [6, 6.07) is 2.18. The highest BCUT2D eigenvalue weighted by molar-refractivity contribution is 7.98. The van der Waals surface area contributed by atoms with Gasteiger partial charge in [-0.25, -0.2) is 14.8 Å². The summed E-state index contributed by atoms with van der Waals surface area (Å²) in [6.07, 6.45) is 6.36. The first-order valence-electron chi connectivity index (χ1n) is 8.43. The normalized spacial score (nSPS) is 20.9. The molecule has 2 aliphatic heterocycles. The Morgan fingerprint density at radius 1 is 1.40 bits per heavy atom. The summed E-state index contributed by atoms with van der Waals surface area (Å²) in [6.45, 7) is 3.47. The van der Waals surface area contributed by atoms with Gasteiger partial charge >= 0.3 is 6.09 Å². The van der Waals surface area contributed by atoms with E-state index in [9.17, 15) is 4.79 Å². The van der Waals surface area contributed by atoms with Gasteiger partial charge in [-0.15, -0.1) is 12.4 Å². The van der Waals surface area contributed by atoms with Crippen molar-refractivity contribution in [1.29, 1.82) is 0 Å². The van der Waals surface area contributed by atoms with E-state index in [0.717, 1.165) is 56.4 Å². The molecule has 0 spiro atoms. The maximum absolute atomic E-state index is 12.3. The number of rotatable bonds is 4. The second-order valence-electron chi connectivity index (χ2n) is 6.23. The lowest BCUT2D eigenvalue weighted by Gasteiger charge is -2.37. The van der Waals surface area contributed by atoms with Gasteiger partial charge < -0.3 is 19.9 Å². The Labute approximate surface area is 159 Å². The van der Waals surface area contributed by atoms with Gasteiger partial charge in [-0.1, -0.05) is 11.8 Å². The molecule has 140 valence electrons. The van der Waals surface area contributed by atoms with Crippen LogP contribution in [0.1, 0.15) is 19.3 Å². The molecule has 1 N–H and O–H groups in total. The minimum Gasteiger partial charge on any atom is -0.445 e. The van der Waals surface area contributed by atoms with E-state index in [1.807, 2.05) is 19.4 Å². The number of hydrogen-bond donors (Lipinski definition) is 1. The van der Waals surface area contributed by atoms with Crippen LogP contribution in [-0.4, -0.2) is 72.6 Å². The van der Waals surface area contributed by atoms with E-state index in [-0.39, 0.29) is 30.6 Å². The number of anilines is 1. The number of thioether (sulfide) groups is 1. The Balaban J connectivity index is 0.00000225. The highest BCUT2D eigenvalue weighted by atomic mass is 35.5. The van der Waals surface area contributed by atoms with Gasteiger partial charge in [0.15, 0.2) is 5.16 Å². The number of halogens is 1. The van der Waals surface area contributed by atoms with Crippen LogP contribution in [0.4, 0.5) is 10.6 Å². The monoisotopic (exact) mass is 387 g/mol. The third kappa shape index (κ3) is 5.12. The summed E-state index contributed by atoms with van der Waals surface area (Å²) in [5.74, 6) is 0.968. The Morgan fingerprint density at radius 2 is 2.16 bits per heavy atom. The zero-order chi connectivity index (χ0) is 16.9. The molecule has 0 radical (unpaired) electrons. The fourth-order valence-corrected chi connectivity index (χ4v) is 3.54. The van der Waals surface area contributed by atoms with Crippen LogP contribution in [0.2, 0.25) is 0 Å². The summed E-state index contributed by atoms with van der Waals surface area (Å²) in [5, 5.41) is 4.01. The molecule has 0 saturated carbocycles. The molecular formula is C16H26ClN5O2S. The number of amides is 1. The van der Waals surface area contributed by atoms with Crippen molar-refractivity contribution in [2.75, 3.05) is 44.4 Å². The summed E-state index contributed by atoms with van der Waals surface area (Å²) in [7, 11) is 1.85. The van der Waals surface area contributed by atoms with Crippen molar-refractivity contribution in [1.82, 2.24) is 20.2 Å². The maximum atomic E-state index is 12.3. The topological polar surface area (TPSA) is 70.6 Å². The predicted molar refractivity (Wildman–Crippen MR) is 102 cm³/mol. The zero-order valence-electron chi connectivity index (χ0n) is 14.7. The number of aromatic nitrogens is 2. The lowest BCUT2D eigenvalue weighted by Crippen LogP contribution is -2.46. The second kappa shape index (κ2) is 9.45. The Bertz CT molecular complexity index is 565. The van der Waals surface area contributed by atoms with Crippen LogP contribution in [0.3, 0.4) is 0 Å². The van der Waals surface area contributed by atoms with E-state index in [1.54, 1.807) is 22.9 Å². The summed E-state index contributed by atoms with van der Waals surface area (Å²) < 4.78 is 5.56. The number of nitrogens with one attached hydrogen (secondary N) is 1. The molecule has 0 bridgehead atoms. The van der Waals surface area contributed by atoms with Gasteiger partial charge in [0.25, 0.3) is 0 Å². The third-order valence-electron chi connectivity index (χ3n) is 4.71. The minimum atomic E-state index is -0.200. The van der Waals surface area contributed by atoms with E-state index in [1.165, 1.54) is 0 Å². The average molecular weight is 388 g/mol. The van der Waals surface area contributed by atoms with Crippen LogP contribution in [0.5, 0.6) is 0 Å². The third-order valence-corrected chi connectivity index (χ3v) is 5.27. The van der Waals surface area contributed by atoms with Crippen LogP contribution in [0.15, 0.2) is 17.4 Å². The Kier molecular flexibility index (Phi) is 7.58. The molecule has 1 aromatic rings. The molecule has 2 fully saturated rings. The van der Waals surface area contributed by atoms with E-state index in [4.69, 9.17) is 4.74 Å². The highest BCUT2D eigenvalue weighted by Crippen LogP contribution is 2.22. The van der Waals surface area contributed by atoms with Crippen LogP contribution >= 0.6 is 24.2 Å². The minimum absolute atomic E-state index is 0. The molecule has 2 saturated heterocycles. The van der Waals surface area contributed by atoms with Gasteiger partial charge in [0.1, 0.15) is 11.9 Å². The van der Waals surface area contributed by atoms with Crippen molar-refractivity contribution in [3.8, 4) is 0 Å². The first-order chi connectivity index (χ1) is 11.7. The number of ether oxygens (including phenoxy) is 1.